The van der Waals surface area contributed by atoms with Gasteiger partial charge < -0.3 is 15.2 Å². The maximum absolute atomic E-state index is 12.4. The summed E-state index contributed by atoms with van der Waals surface area (Å²) >= 11 is 1.62. The summed E-state index contributed by atoms with van der Waals surface area (Å²) in [5, 5.41) is 11.7. The van der Waals surface area contributed by atoms with Crippen LogP contribution in [0.2, 0.25) is 0 Å². The molecule has 1 aliphatic rings. The summed E-state index contributed by atoms with van der Waals surface area (Å²) in [5.41, 5.74) is 1.65. The summed E-state index contributed by atoms with van der Waals surface area (Å²) in [6.07, 6.45) is 5.57. The van der Waals surface area contributed by atoms with Crippen LogP contribution in [0.3, 0.4) is 0 Å². The number of carbonyl (C=O) groups is 1. The van der Waals surface area contributed by atoms with Gasteiger partial charge in [0, 0.05) is 17.7 Å². The Balaban J connectivity index is 1.51. The first-order valence-electron chi connectivity index (χ1n) is 8.84. The smallest absolute Gasteiger partial charge is 0.256 e. The number of carbonyl (C=O) groups excluding carboxylic acids is 1. The fourth-order valence-corrected chi connectivity index (χ4v) is 3.59. The van der Waals surface area contributed by atoms with E-state index in [0.29, 0.717) is 34.7 Å². The number of thioether (sulfide) groups is 1. The molecule has 0 saturated carbocycles. The van der Waals surface area contributed by atoms with Crippen LogP contribution in [0.15, 0.2) is 54.8 Å². The summed E-state index contributed by atoms with van der Waals surface area (Å²) in [5.74, 6) is 2.39. The number of benzene rings is 1. The minimum atomic E-state index is -0.253. The fourth-order valence-electron chi connectivity index (χ4n) is 2.93. The average Bonchev–Trinajstić information content (AvgIpc) is 3.36. The van der Waals surface area contributed by atoms with Crippen molar-refractivity contribution in [2.24, 2.45) is 0 Å². The zero-order valence-electron chi connectivity index (χ0n) is 15.0. The lowest BCUT2D eigenvalue weighted by Crippen LogP contribution is -2.13. The van der Waals surface area contributed by atoms with Crippen LogP contribution >= 0.6 is 11.8 Å². The molecule has 1 amide bonds. The van der Waals surface area contributed by atoms with Crippen molar-refractivity contribution in [1.29, 1.82) is 0 Å². The number of hydrogen-bond acceptors (Lipinski definition) is 7. The normalized spacial score (nSPS) is 16.0. The van der Waals surface area contributed by atoms with E-state index in [1.807, 2.05) is 16.7 Å². The Morgan fingerprint density at radius 1 is 1.29 bits per heavy atom. The Hall–Kier alpha value is -2.91. The van der Waals surface area contributed by atoms with Crippen molar-refractivity contribution in [3.63, 3.8) is 0 Å². The molecule has 0 unspecified atom stereocenters. The van der Waals surface area contributed by atoms with Crippen molar-refractivity contribution < 1.29 is 14.6 Å². The van der Waals surface area contributed by atoms with Crippen molar-refractivity contribution >= 4 is 34.7 Å². The zero-order valence-corrected chi connectivity index (χ0v) is 15.8. The van der Waals surface area contributed by atoms with E-state index < -0.39 is 0 Å². The van der Waals surface area contributed by atoms with Crippen LogP contribution in [0.1, 0.15) is 23.0 Å². The van der Waals surface area contributed by atoms with Crippen LogP contribution in [0.25, 0.3) is 11.2 Å². The van der Waals surface area contributed by atoms with Crippen molar-refractivity contribution in [2.45, 2.75) is 12.6 Å². The number of fused-ring (bicyclic) bond motifs is 1. The summed E-state index contributed by atoms with van der Waals surface area (Å²) in [6, 6.07) is 8.94. The Kier molecular flexibility index (Phi) is 5.54. The molecule has 0 saturated heterocycles. The van der Waals surface area contributed by atoms with E-state index in [4.69, 9.17) is 9.84 Å². The molecule has 144 valence electrons. The van der Waals surface area contributed by atoms with Crippen LogP contribution in [-0.2, 0) is 4.74 Å². The molecule has 0 spiro atoms. The van der Waals surface area contributed by atoms with Gasteiger partial charge in [-0.05, 0) is 18.2 Å². The highest BCUT2D eigenvalue weighted by Crippen LogP contribution is 2.31. The molecular formula is C19H19N5O3S. The Morgan fingerprint density at radius 3 is 2.96 bits per heavy atom. The second-order valence-electron chi connectivity index (χ2n) is 6.12. The molecule has 1 aromatic carbocycles. The topological polar surface area (TPSA) is 102 Å². The lowest BCUT2D eigenvalue weighted by atomic mass is 10.2. The predicted molar refractivity (Wildman–Crippen MR) is 107 cm³/mol. The number of anilines is 1. The fraction of sp³-hybridized carbons (Fsp3) is 0.263. The maximum atomic E-state index is 12.4. The van der Waals surface area contributed by atoms with Gasteiger partial charge in [-0.25, -0.2) is 15.0 Å². The number of aliphatic hydroxyl groups excluding tert-OH is 1. The van der Waals surface area contributed by atoms with Crippen molar-refractivity contribution in [3.05, 3.63) is 60.4 Å². The first kappa shape index (κ1) is 18.5. The van der Waals surface area contributed by atoms with E-state index >= 15 is 0 Å². The predicted octanol–water partition coefficient (Wildman–Crippen LogP) is 2.61. The number of aromatic nitrogens is 4. The van der Waals surface area contributed by atoms with Crippen LogP contribution in [0, 0.1) is 0 Å². The first-order valence-corrected chi connectivity index (χ1v) is 10.00. The molecule has 4 rings (SSSR count). The van der Waals surface area contributed by atoms with Gasteiger partial charge in [0.2, 0.25) is 0 Å². The van der Waals surface area contributed by atoms with Gasteiger partial charge in [0.05, 0.1) is 12.4 Å². The molecule has 1 atom stereocenters. The van der Waals surface area contributed by atoms with Gasteiger partial charge in [-0.1, -0.05) is 18.2 Å². The standard InChI is InChI=1S/C19H19N5O3S/c25-8-9-28-10-14-6-7-15(27-14)24-12-22-16-17(20-11-21-18(16)24)23-19(26)13-4-2-1-3-5-13/h1-6,11-12,15,25H,7-10H2,(H,20,21,23,26)/t15-/m1/s1. The molecule has 8 nitrogen and oxygen atoms in total. The van der Waals surface area contributed by atoms with Gasteiger partial charge in [0.15, 0.2) is 23.2 Å². The van der Waals surface area contributed by atoms with Crippen LogP contribution in [-0.4, -0.2) is 48.6 Å². The van der Waals surface area contributed by atoms with Gasteiger partial charge >= 0.3 is 0 Å². The molecular weight excluding hydrogens is 378 g/mol. The number of rotatable bonds is 7. The third-order valence-electron chi connectivity index (χ3n) is 4.25. The second kappa shape index (κ2) is 8.41. The Morgan fingerprint density at radius 2 is 2.14 bits per heavy atom. The number of hydrogen-bond donors (Lipinski definition) is 2. The molecule has 0 fully saturated rings. The third kappa shape index (κ3) is 3.85. The molecule has 2 N–H and O–H groups in total. The molecule has 0 aliphatic carbocycles. The quantitative estimate of drug-likeness (QED) is 0.591. The van der Waals surface area contributed by atoms with Crippen LogP contribution in [0.4, 0.5) is 5.82 Å². The van der Waals surface area contributed by atoms with E-state index in [1.54, 1.807) is 42.4 Å². The lowest BCUT2D eigenvalue weighted by Gasteiger charge is -2.15. The summed E-state index contributed by atoms with van der Waals surface area (Å²) in [7, 11) is 0. The Labute approximate surface area is 165 Å². The largest absolute Gasteiger partial charge is 0.474 e. The monoisotopic (exact) mass is 397 g/mol. The number of aliphatic hydroxyl groups is 1. The number of amides is 1. The van der Waals surface area contributed by atoms with E-state index in [1.165, 1.54) is 6.33 Å². The number of nitrogens with one attached hydrogen (secondary N) is 1. The van der Waals surface area contributed by atoms with Gasteiger partial charge in [0.1, 0.15) is 18.4 Å². The minimum absolute atomic E-state index is 0.155. The number of imidazole rings is 1. The number of ether oxygens (including phenoxy) is 1. The Bertz CT molecular complexity index is 1010. The molecule has 1 aliphatic heterocycles. The highest BCUT2D eigenvalue weighted by Gasteiger charge is 2.23. The molecule has 28 heavy (non-hydrogen) atoms. The van der Waals surface area contributed by atoms with Crippen molar-refractivity contribution in [2.75, 3.05) is 23.4 Å². The van der Waals surface area contributed by atoms with Crippen LogP contribution < -0.4 is 5.32 Å². The highest BCUT2D eigenvalue weighted by molar-refractivity contribution is 7.99. The molecule has 3 heterocycles. The van der Waals surface area contributed by atoms with Crippen molar-refractivity contribution in [3.8, 4) is 0 Å². The highest BCUT2D eigenvalue weighted by atomic mass is 32.2. The van der Waals surface area contributed by atoms with Gasteiger partial charge in [-0.15, -0.1) is 0 Å². The second-order valence-corrected chi connectivity index (χ2v) is 7.23. The van der Waals surface area contributed by atoms with Crippen LogP contribution in [0.5, 0.6) is 0 Å². The molecule has 2 aromatic heterocycles. The van der Waals surface area contributed by atoms with E-state index in [9.17, 15) is 4.79 Å². The van der Waals surface area contributed by atoms with E-state index in [2.05, 4.69) is 20.3 Å². The summed E-state index contributed by atoms with van der Waals surface area (Å²) in [4.78, 5) is 25.3. The average molecular weight is 397 g/mol. The van der Waals surface area contributed by atoms with E-state index in [-0.39, 0.29) is 18.7 Å². The zero-order chi connectivity index (χ0) is 19.3. The maximum Gasteiger partial charge on any atom is 0.256 e. The molecule has 0 radical (unpaired) electrons. The van der Waals surface area contributed by atoms with Gasteiger partial charge in [-0.3, -0.25) is 9.36 Å². The third-order valence-corrected chi connectivity index (χ3v) is 5.21. The first-order chi connectivity index (χ1) is 13.8. The molecule has 3 aromatic rings. The van der Waals surface area contributed by atoms with Crippen molar-refractivity contribution in [1.82, 2.24) is 19.5 Å². The molecule has 0 bridgehead atoms. The SMILES string of the molecule is O=C(Nc1ncnc2c1ncn2[C@H]1CC=C(CSCCO)O1)c1ccccc1. The summed E-state index contributed by atoms with van der Waals surface area (Å²) in [6.45, 7) is 0.155. The number of nitrogens with zero attached hydrogens (tertiary/aromatic N) is 4. The van der Waals surface area contributed by atoms with Gasteiger partial charge in [-0.2, -0.15) is 11.8 Å². The van der Waals surface area contributed by atoms with Gasteiger partial charge in [0.25, 0.3) is 5.91 Å². The lowest BCUT2D eigenvalue weighted by molar-refractivity contribution is 0.0879. The molecule has 9 heteroatoms. The minimum Gasteiger partial charge on any atom is -0.474 e. The summed E-state index contributed by atoms with van der Waals surface area (Å²) < 4.78 is 7.83. The van der Waals surface area contributed by atoms with E-state index in [0.717, 1.165) is 11.5 Å².